The summed E-state index contributed by atoms with van der Waals surface area (Å²) < 4.78 is 0. The van der Waals surface area contributed by atoms with Crippen molar-refractivity contribution in [3.8, 4) is 11.8 Å². The topological polar surface area (TPSA) is 62.2 Å². The third kappa shape index (κ3) is 3.58. The highest BCUT2D eigenvalue weighted by Gasteiger charge is 2.45. The van der Waals surface area contributed by atoms with Crippen molar-refractivity contribution < 1.29 is 9.90 Å². The molecule has 1 heterocycles. The average molecular weight is 272 g/mol. The first-order valence-electron chi connectivity index (χ1n) is 6.87. The molecule has 1 aromatic heterocycles. The lowest BCUT2D eigenvalue weighted by Crippen LogP contribution is -2.28. The van der Waals surface area contributed by atoms with Crippen LogP contribution >= 0.6 is 0 Å². The Balaban J connectivity index is 2.01. The van der Waals surface area contributed by atoms with E-state index in [-0.39, 0.29) is 12.5 Å². The molecule has 2 rings (SSSR count). The number of nitrogens with one attached hydrogen (secondary N) is 1. The average Bonchev–Trinajstić information content (AvgIpc) is 3.04. The van der Waals surface area contributed by atoms with Crippen LogP contribution in [0.25, 0.3) is 0 Å². The molecule has 4 nitrogen and oxygen atoms in total. The summed E-state index contributed by atoms with van der Waals surface area (Å²) in [6.07, 6.45) is 3.14. The molecule has 1 aliphatic carbocycles. The van der Waals surface area contributed by atoms with Gasteiger partial charge in [0.2, 0.25) is 0 Å². The molecule has 0 aromatic carbocycles. The van der Waals surface area contributed by atoms with Crippen LogP contribution in [0.3, 0.4) is 0 Å². The van der Waals surface area contributed by atoms with Crippen molar-refractivity contribution in [1.29, 1.82) is 0 Å². The zero-order chi connectivity index (χ0) is 14.6. The van der Waals surface area contributed by atoms with Gasteiger partial charge in [0.1, 0.15) is 5.69 Å². The van der Waals surface area contributed by atoms with E-state index in [9.17, 15) is 4.79 Å². The third-order valence-electron chi connectivity index (χ3n) is 3.71. The first-order valence-corrected chi connectivity index (χ1v) is 6.87. The second kappa shape index (κ2) is 6.06. The Labute approximate surface area is 119 Å². The van der Waals surface area contributed by atoms with Crippen molar-refractivity contribution in [2.75, 3.05) is 13.2 Å². The van der Waals surface area contributed by atoms with E-state index in [1.54, 1.807) is 18.3 Å². The van der Waals surface area contributed by atoms with Gasteiger partial charge in [-0.15, -0.1) is 0 Å². The molecule has 0 bridgehead atoms. The van der Waals surface area contributed by atoms with Gasteiger partial charge in [-0.05, 0) is 29.9 Å². The summed E-state index contributed by atoms with van der Waals surface area (Å²) >= 11 is 0. The first kappa shape index (κ1) is 14.5. The lowest BCUT2D eigenvalue weighted by atomic mass is 10.1. The Kier molecular flexibility index (Phi) is 4.41. The van der Waals surface area contributed by atoms with Crippen molar-refractivity contribution in [3.05, 3.63) is 29.6 Å². The lowest BCUT2D eigenvalue weighted by Gasteiger charge is -2.07. The van der Waals surface area contributed by atoms with Crippen LogP contribution in [0.1, 0.15) is 42.7 Å². The number of rotatable bonds is 4. The monoisotopic (exact) mass is 272 g/mol. The van der Waals surface area contributed by atoms with E-state index in [0.29, 0.717) is 35.6 Å². The van der Waals surface area contributed by atoms with Crippen LogP contribution in [0.4, 0.5) is 0 Å². The van der Waals surface area contributed by atoms with Crippen molar-refractivity contribution >= 4 is 5.91 Å². The summed E-state index contributed by atoms with van der Waals surface area (Å²) in [4.78, 5) is 16.3. The lowest BCUT2D eigenvalue weighted by molar-refractivity contribution is 0.0945. The quantitative estimate of drug-likeness (QED) is 0.818. The fourth-order valence-electron chi connectivity index (χ4n) is 2.12. The van der Waals surface area contributed by atoms with Crippen LogP contribution in [0.15, 0.2) is 18.3 Å². The van der Waals surface area contributed by atoms with Gasteiger partial charge in [0, 0.05) is 19.2 Å². The Morgan fingerprint density at radius 3 is 3.00 bits per heavy atom. The van der Waals surface area contributed by atoms with Gasteiger partial charge in [-0.2, -0.15) is 0 Å². The first-order chi connectivity index (χ1) is 9.54. The summed E-state index contributed by atoms with van der Waals surface area (Å²) in [5, 5.41) is 11.7. The van der Waals surface area contributed by atoms with Gasteiger partial charge < -0.3 is 10.4 Å². The van der Waals surface area contributed by atoms with E-state index < -0.39 is 0 Å². The molecule has 1 saturated carbocycles. The number of aromatic nitrogens is 1. The summed E-state index contributed by atoms with van der Waals surface area (Å²) in [6, 6.07) is 3.52. The minimum Gasteiger partial charge on any atom is -0.395 e. The highest BCUT2D eigenvalue weighted by molar-refractivity contribution is 5.94. The number of carbonyl (C=O) groups is 1. The molecule has 1 aliphatic rings. The van der Waals surface area contributed by atoms with Crippen molar-refractivity contribution in [2.24, 2.45) is 11.3 Å². The molecule has 1 amide bonds. The number of hydrogen-bond donors (Lipinski definition) is 2. The number of amides is 1. The molecule has 20 heavy (non-hydrogen) atoms. The van der Waals surface area contributed by atoms with Crippen molar-refractivity contribution in [1.82, 2.24) is 10.3 Å². The van der Waals surface area contributed by atoms with Crippen LogP contribution in [0, 0.1) is 23.2 Å². The molecule has 0 saturated heterocycles. The summed E-state index contributed by atoms with van der Waals surface area (Å²) in [6.45, 7) is 5.12. The van der Waals surface area contributed by atoms with E-state index in [1.165, 1.54) is 0 Å². The fourth-order valence-corrected chi connectivity index (χ4v) is 2.12. The molecule has 1 aromatic rings. The molecule has 0 radical (unpaired) electrons. The number of nitrogens with zero attached hydrogens (tertiary/aromatic N) is 1. The van der Waals surface area contributed by atoms with Crippen LogP contribution < -0.4 is 5.32 Å². The van der Waals surface area contributed by atoms with Crippen molar-refractivity contribution in [2.45, 2.75) is 26.7 Å². The normalized spacial score (nSPS) is 18.9. The second-order valence-electron chi connectivity index (χ2n) is 5.77. The Morgan fingerprint density at radius 1 is 1.60 bits per heavy atom. The molecule has 1 unspecified atom stereocenters. The van der Waals surface area contributed by atoms with E-state index >= 15 is 0 Å². The van der Waals surface area contributed by atoms with Crippen LogP contribution in [0.2, 0.25) is 0 Å². The predicted octanol–water partition coefficient (Wildman–Crippen LogP) is 1.59. The maximum atomic E-state index is 12.2. The van der Waals surface area contributed by atoms with Gasteiger partial charge >= 0.3 is 0 Å². The number of pyridine rings is 1. The van der Waals surface area contributed by atoms with E-state index in [1.807, 2.05) is 0 Å². The molecule has 106 valence electrons. The van der Waals surface area contributed by atoms with Crippen LogP contribution in [-0.2, 0) is 0 Å². The molecular formula is C16H20N2O2. The molecule has 1 atom stereocenters. The van der Waals surface area contributed by atoms with Gasteiger partial charge in [0.25, 0.3) is 5.91 Å². The third-order valence-corrected chi connectivity index (χ3v) is 3.71. The number of aliphatic hydroxyl groups excluding tert-OH is 1. The zero-order valence-electron chi connectivity index (χ0n) is 11.9. The standard InChI is InChI=1S/C16H20N2O2/c1-16(2)10-13(16)11-18-15(20)14-12(6-3-4-9-19)7-5-8-17-14/h5,7-8,13,19H,4,9-11H2,1-2H3,(H,18,20). The zero-order valence-corrected chi connectivity index (χ0v) is 11.9. The second-order valence-corrected chi connectivity index (χ2v) is 5.77. The molecule has 2 N–H and O–H groups in total. The Hall–Kier alpha value is -1.86. The summed E-state index contributed by atoms with van der Waals surface area (Å²) in [5.41, 5.74) is 1.31. The molecule has 0 aliphatic heterocycles. The smallest absolute Gasteiger partial charge is 0.271 e. The molecule has 0 spiro atoms. The summed E-state index contributed by atoms with van der Waals surface area (Å²) in [5.74, 6) is 6.07. The molecular weight excluding hydrogens is 252 g/mol. The summed E-state index contributed by atoms with van der Waals surface area (Å²) in [7, 11) is 0. The largest absolute Gasteiger partial charge is 0.395 e. The molecule has 4 heteroatoms. The minimum absolute atomic E-state index is 0.0194. The maximum absolute atomic E-state index is 12.2. The Morgan fingerprint density at radius 2 is 2.35 bits per heavy atom. The van der Waals surface area contributed by atoms with Gasteiger partial charge in [0.05, 0.1) is 12.2 Å². The maximum Gasteiger partial charge on any atom is 0.271 e. The SMILES string of the molecule is CC1(C)CC1CNC(=O)c1ncccc1C#CCCO. The highest BCUT2D eigenvalue weighted by Crippen LogP contribution is 2.50. The van der Waals surface area contributed by atoms with Gasteiger partial charge in [0.15, 0.2) is 0 Å². The van der Waals surface area contributed by atoms with Gasteiger partial charge in [-0.1, -0.05) is 25.7 Å². The van der Waals surface area contributed by atoms with Crippen LogP contribution in [0.5, 0.6) is 0 Å². The fraction of sp³-hybridized carbons (Fsp3) is 0.500. The number of carbonyl (C=O) groups excluding carboxylic acids is 1. The predicted molar refractivity (Wildman–Crippen MR) is 77.0 cm³/mol. The Bertz CT molecular complexity index is 555. The highest BCUT2D eigenvalue weighted by atomic mass is 16.2. The van der Waals surface area contributed by atoms with Gasteiger partial charge in [-0.3, -0.25) is 4.79 Å². The van der Waals surface area contributed by atoms with Crippen LogP contribution in [-0.4, -0.2) is 29.1 Å². The number of hydrogen-bond acceptors (Lipinski definition) is 3. The minimum atomic E-state index is -0.179. The van der Waals surface area contributed by atoms with Crippen molar-refractivity contribution in [3.63, 3.8) is 0 Å². The van der Waals surface area contributed by atoms with E-state index in [4.69, 9.17) is 5.11 Å². The molecule has 1 fully saturated rings. The van der Waals surface area contributed by atoms with E-state index in [0.717, 1.165) is 6.42 Å². The van der Waals surface area contributed by atoms with E-state index in [2.05, 4.69) is 36.0 Å². The van der Waals surface area contributed by atoms with Gasteiger partial charge in [-0.25, -0.2) is 4.98 Å². The number of aliphatic hydroxyl groups is 1.